The van der Waals surface area contributed by atoms with Gasteiger partial charge in [-0.05, 0) is 18.2 Å². The van der Waals surface area contributed by atoms with Crippen molar-refractivity contribution in [2.75, 3.05) is 0 Å². The number of carbonyl (C=O) groups is 1. The summed E-state index contributed by atoms with van der Waals surface area (Å²) in [6.07, 6.45) is 1.25. The standard InChI is InChI=1S/C13H7Cl2N3O2/c14-7-2-1-3-8(15)10(7)12-17-9-4-6(13(19)20)5-16-11(9)18-12/h1-5H,(H,19,20)(H,16,17,18). The van der Waals surface area contributed by atoms with Gasteiger partial charge in [0, 0.05) is 6.20 Å². The van der Waals surface area contributed by atoms with E-state index in [0.29, 0.717) is 32.6 Å². The Morgan fingerprint density at radius 3 is 2.60 bits per heavy atom. The van der Waals surface area contributed by atoms with Crippen LogP contribution < -0.4 is 0 Å². The fourth-order valence-corrected chi connectivity index (χ4v) is 2.44. The highest BCUT2D eigenvalue weighted by Gasteiger charge is 2.14. The van der Waals surface area contributed by atoms with E-state index in [9.17, 15) is 4.79 Å². The van der Waals surface area contributed by atoms with E-state index in [1.54, 1.807) is 18.2 Å². The molecule has 5 nitrogen and oxygen atoms in total. The van der Waals surface area contributed by atoms with E-state index in [1.165, 1.54) is 12.3 Å². The summed E-state index contributed by atoms with van der Waals surface area (Å²) >= 11 is 12.2. The van der Waals surface area contributed by atoms with Crippen LogP contribution in [0.15, 0.2) is 30.5 Å². The molecule has 0 amide bonds. The van der Waals surface area contributed by atoms with Crippen molar-refractivity contribution in [1.82, 2.24) is 15.0 Å². The molecule has 2 aromatic heterocycles. The number of hydrogen-bond donors (Lipinski definition) is 2. The molecule has 0 radical (unpaired) electrons. The molecule has 100 valence electrons. The van der Waals surface area contributed by atoms with Crippen LogP contribution in [0, 0.1) is 0 Å². The molecule has 0 bridgehead atoms. The fourth-order valence-electron chi connectivity index (χ4n) is 1.86. The van der Waals surface area contributed by atoms with Crippen LogP contribution in [0.4, 0.5) is 0 Å². The largest absolute Gasteiger partial charge is 0.478 e. The van der Waals surface area contributed by atoms with Crippen LogP contribution in [0.3, 0.4) is 0 Å². The first-order valence-corrected chi connectivity index (χ1v) is 6.35. The van der Waals surface area contributed by atoms with Gasteiger partial charge in [0.15, 0.2) is 5.65 Å². The zero-order valence-corrected chi connectivity index (χ0v) is 11.4. The molecule has 3 aromatic rings. The summed E-state index contributed by atoms with van der Waals surface area (Å²) in [4.78, 5) is 22.2. The van der Waals surface area contributed by atoms with Gasteiger partial charge in [-0.25, -0.2) is 14.8 Å². The van der Waals surface area contributed by atoms with Gasteiger partial charge in [-0.1, -0.05) is 29.3 Å². The second kappa shape index (κ2) is 4.77. The zero-order chi connectivity index (χ0) is 14.3. The van der Waals surface area contributed by atoms with Gasteiger partial charge >= 0.3 is 5.97 Å². The molecule has 0 aliphatic heterocycles. The second-order valence-corrected chi connectivity index (χ2v) is 4.90. The van der Waals surface area contributed by atoms with Gasteiger partial charge in [-0.2, -0.15) is 0 Å². The number of H-pyrrole nitrogens is 1. The van der Waals surface area contributed by atoms with Gasteiger partial charge in [0.2, 0.25) is 0 Å². The van der Waals surface area contributed by atoms with Gasteiger partial charge in [-0.15, -0.1) is 0 Å². The lowest BCUT2D eigenvalue weighted by Crippen LogP contribution is -1.96. The Bertz CT molecular complexity index is 809. The Labute approximate surface area is 123 Å². The van der Waals surface area contributed by atoms with Crippen LogP contribution in [0.1, 0.15) is 10.4 Å². The summed E-state index contributed by atoms with van der Waals surface area (Å²) in [6.45, 7) is 0. The maximum atomic E-state index is 10.9. The van der Waals surface area contributed by atoms with E-state index in [4.69, 9.17) is 28.3 Å². The Balaban J connectivity index is 2.21. The maximum Gasteiger partial charge on any atom is 0.337 e. The average molecular weight is 308 g/mol. The number of carboxylic acid groups (broad SMARTS) is 1. The van der Waals surface area contributed by atoms with Crippen molar-refractivity contribution < 1.29 is 9.90 Å². The molecule has 2 heterocycles. The lowest BCUT2D eigenvalue weighted by atomic mass is 10.2. The fraction of sp³-hybridized carbons (Fsp3) is 0. The molecule has 20 heavy (non-hydrogen) atoms. The summed E-state index contributed by atoms with van der Waals surface area (Å²) < 4.78 is 0. The van der Waals surface area contributed by atoms with Crippen LogP contribution in [0.5, 0.6) is 0 Å². The van der Waals surface area contributed by atoms with Crippen molar-refractivity contribution in [3.05, 3.63) is 46.1 Å². The average Bonchev–Trinajstić information content (AvgIpc) is 2.80. The van der Waals surface area contributed by atoms with E-state index in [2.05, 4.69) is 15.0 Å². The number of fused-ring (bicyclic) bond motifs is 1. The lowest BCUT2D eigenvalue weighted by molar-refractivity contribution is 0.0696. The van der Waals surface area contributed by atoms with Gasteiger partial charge in [-0.3, -0.25) is 0 Å². The molecule has 0 unspecified atom stereocenters. The molecule has 0 aliphatic carbocycles. The first-order chi connectivity index (χ1) is 9.56. The number of aromatic nitrogens is 3. The zero-order valence-electron chi connectivity index (χ0n) is 9.89. The number of benzene rings is 1. The molecular formula is C13H7Cl2N3O2. The second-order valence-electron chi connectivity index (χ2n) is 4.08. The molecule has 3 rings (SSSR count). The summed E-state index contributed by atoms with van der Waals surface area (Å²) in [7, 11) is 0. The predicted octanol–water partition coefficient (Wildman–Crippen LogP) is 3.63. The van der Waals surface area contributed by atoms with Crippen molar-refractivity contribution in [3.63, 3.8) is 0 Å². The molecule has 0 fully saturated rings. The molecule has 1 aromatic carbocycles. The minimum atomic E-state index is -1.05. The number of nitrogens with zero attached hydrogens (tertiary/aromatic N) is 2. The summed E-state index contributed by atoms with van der Waals surface area (Å²) in [5.74, 6) is -0.600. The number of hydrogen-bond acceptors (Lipinski definition) is 3. The van der Waals surface area contributed by atoms with E-state index in [1.807, 2.05) is 0 Å². The van der Waals surface area contributed by atoms with E-state index < -0.39 is 5.97 Å². The Morgan fingerprint density at radius 2 is 1.95 bits per heavy atom. The number of aromatic carboxylic acids is 1. The number of carboxylic acids is 1. The number of pyridine rings is 1. The van der Waals surface area contributed by atoms with Gasteiger partial charge in [0.25, 0.3) is 0 Å². The van der Waals surface area contributed by atoms with Crippen LogP contribution in [0.2, 0.25) is 10.0 Å². The van der Waals surface area contributed by atoms with E-state index >= 15 is 0 Å². The highest BCUT2D eigenvalue weighted by Crippen LogP contribution is 2.33. The quantitative estimate of drug-likeness (QED) is 0.757. The normalized spacial score (nSPS) is 10.9. The summed E-state index contributed by atoms with van der Waals surface area (Å²) in [5.41, 5.74) is 1.56. The SMILES string of the molecule is O=C(O)c1cnc2nc(-c3c(Cl)cccc3Cl)[nH]c2c1. The summed E-state index contributed by atoms with van der Waals surface area (Å²) in [5, 5.41) is 9.85. The molecule has 0 saturated carbocycles. The van der Waals surface area contributed by atoms with Gasteiger partial charge in [0.1, 0.15) is 5.82 Å². The minimum absolute atomic E-state index is 0.0814. The number of nitrogens with one attached hydrogen (secondary N) is 1. The van der Waals surface area contributed by atoms with Crippen LogP contribution in [-0.4, -0.2) is 26.0 Å². The predicted molar refractivity (Wildman–Crippen MR) is 76.3 cm³/mol. The molecule has 0 aliphatic rings. The van der Waals surface area contributed by atoms with Crippen molar-refractivity contribution in [2.45, 2.75) is 0 Å². The monoisotopic (exact) mass is 307 g/mol. The molecule has 0 atom stereocenters. The Hall–Kier alpha value is -2.11. The Kier molecular flexibility index (Phi) is 3.08. The smallest absolute Gasteiger partial charge is 0.337 e. The highest BCUT2D eigenvalue weighted by molar-refractivity contribution is 6.39. The number of rotatable bonds is 2. The maximum absolute atomic E-state index is 10.9. The first-order valence-electron chi connectivity index (χ1n) is 5.59. The third-order valence-electron chi connectivity index (χ3n) is 2.78. The van der Waals surface area contributed by atoms with Gasteiger partial charge in [0.05, 0.1) is 26.7 Å². The molecule has 0 spiro atoms. The van der Waals surface area contributed by atoms with Crippen LogP contribution in [0.25, 0.3) is 22.6 Å². The van der Waals surface area contributed by atoms with Crippen molar-refractivity contribution in [2.24, 2.45) is 0 Å². The molecule has 0 saturated heterocycles. The molecular weight excluding hydrogens is 301 g/mol. The van der Waals surface area contributed by atoms with Gasteiger partial charge < -0.3 is 10.1 Å². The van der Waals surface area contributed by atoms with Crippen molar-refractivity contribution in [3.8, 4) is 11.4 Å². The van der Waals surface area contributed by atoms with E-state index in [0.717, 1.165) is 0 Å². The number of imidazole rings is 1. The third-order valence-corrected chi connectivity index (χ3v) is 3.41. The highest BCUT2D eigenvalue weighted by atomic mass is 35.5. The molecule has 7 heteroatoms. The topological polar surface area (TPSA) is 78.9 Å². The molecule has 2 N–H and O–H groups in total. The van der Waals surface area contributed by atoms with Crippen molar-refractivity contribution >= 4 is 40.3 Å². The first kappa shape index (κ1) is 12.9. The lowest BCUT2D eigenvalue weighted by Gasteiger charge is -2.02. The minimum Gasteiger partial charge on any atom is -0.478 e. The Morgan fingerprint density at radius 1 is 1.25 bits per heavy atom. The number of aromatic amines is 1. The van der Waals surface area contributed by atoms with Crippen molar-refractivity contribution in [1.29, 1.82) is 0 Å². The van der Waals surface area contributed by atoms with E-state index in [-0.39, 0.29) is 5.56 Å². The summed E-state index contributed by atoms with van der Waals surface area (Å²) in [6, 6.07) is 6.60. The number of halogens is 2. The van der Waals surface area contributed by atoms with Crippen LogP contribution in [-0.2, 0) is 0 Å². The van der Waals surface area contributed by atoms with Crippen LogP contribution >= 0.6 is 23.2 Å². The third kappa shape index (κ3) is 2.11.